The minimum atomic E-state index is -0.722. The van der Waals surface area contributed by atoms with Crippen molar-refractivity contribution in [1.82, 2.24) is 25.2 Å². The molecule has 2 aliphatic heterocycles. The lowest BCUT2D eigenvalue weighted by molar-refractivity contribution is -0.148. The Balaban J connectivity index is 1.45. The number of aryl methyl sites for hydroxylation is 2. The third-order valence-corrected chi connectivity index (χ3v) is 6.14. The van der Waals surface area contributed by atoms with Crippen molar-refractivity contribution >= 4 is 17.7 Å². The summed E-state index contributed by atoms with van der Waals surface area (Å²) in [7, 11) is 1.81. The average molecular weight is 424 g/mol. The predicted octanol–water partition coefficient (Wildman–Crippen LogP) is 1.52. The number of carbonyl (C=O) groups excluding carboxylic acids is 3. The van der Waals surface area contributed by atoms with Crippen molar-refractivity contribution in [2.24, 2.45) is 13.0 Å². The molecule has 8 heteroatoms. The maximum absolute atomic E-state index is 13.2. The number of nitrogens with zero attached hydrogens (tertiary/aromatic N) is 3. The molecule has 0 spiro atoms. The molecule has 4 rings (SSSR count). The van der Waals surface area contributed by atoms with Crippen LogP contribution in [0.25, 0.3) is 0 Å². The van der Waals surface area contributed by atoms with Crippen molar-refractivity contribution in [3.05, 3.63) is 58.9 Å². The normalized spacial score (nSPS) is 19.4. The van der Waals surface area contributed by atoms with Gasteiger partial charge >= 0.3 is 0 Å². The summed E-state index contributed by atoms with van der Waals surface area (Å²) in [5.74, 6) is -1.06. The lowest BCUT2D eigenvalue weighted by Gasteiger charge is -2.28. The Kier molecular flexibility index (Phi) is 5.82. The summed E-state index contributed by atoms with van der Waals surface area (Å²) >= 11 is 0. The van der Waals surface area contributed by atoms with E-state index in [1.54, 1.807) is 16.5 Å². The fraction of sp³-hybridized carbons (Fsp3) is 0.435. The van der Waals surface area contributed by atoms with Crippen molar-refractivity contribution in [3.63, 3.8) is 0 Å². The van der Waals surface area contributed by atoms with Gasteiger partial charge < -0.3 is 15.2 Å². The summed E-state index contributed by atoms with van der Waals surface area (Å²) in [5.41, 5.74) is 3.35. The molecule has 0 aliphatic carbocycles. The first-order chi connectivity index (χ1) is 14.9. The van der Waals surface area contributed by atoms with Crippen LogP contribution in [-0.2, 0) is 23.2 Å². The lowest BCUT2D eigenvalue weighted by Crippen LogP contribution is -2.47. The van der Waals surface area contributed by atoms with E-state index in [4.69, 9.17) is 0 Å². The van der Waals surface area contributed by atoms with E-state index in [0.29, 0.717) is 18.8 Å². The zero-order valence-corrected chi connectivity index (χ0v) is 18.2. The largest absolute Gasteiger partial charge is 0.350 e. The number of benzene rings is 1. The van der Waals surface area contributed by atoms with Gasteiger partial charge in [-0.2, -0.15) is 0 Å². The molecule has 1 aromatic heterocycles. The number of aromatic nitrogens is 1. The lowest BCUT2D eigenvalue weighted by atomic mass is 9.99. The molecule has 1 fully saturated rings. The molecule has 8 nitrogen and oxygen atoms in total. The molecule has 1 saturated heterocycles. The number of hydrogen-bond donors (Lipinski definition) is 2. The van der Waals surface area contributed by atoms with E-state index in [1.165, 1.54) is 0 Å². The highest BCUT2D eigenvalue weighted by Gasteiger charge is 2.38. The van der Waals surface area contributed by atoms with E-state index in [1.807, 2.05) is 50.5 Å². The van der Waals surface area contributed by atoms with Crippen LogP contribution in [0.1, 0.15) is 46.6 Å². The van der Waals surface area contributed by atoms with E-state index in [0.717, 1.165) is 29.7 Å². The first-order valence-electron chi connectivity index (χ1n) is 10.7. The Morgan fingerprint density at radius 2 is 1.97 bits per heavy atom. The van der Waals surface area contributed by atoms with Gasteiger partial charge in [-0.15, -0.1) is 0 Å². The summed E-state index contributed by atoms with van der Waals surface area (Å²) in [6.07, 6.45) is 2.76. The van der Waals surface area contributed by atoms with Gasteiger partial charge in [0.15, 0.2) is 0 Å². The summed E-state index contributed by atoms with van der Waals surface area (Å²) < 4.78 is 1.76. The van der Waals surface area contributed by atoms with Gasteiger partial charge in [-0.3, -0.25) is 19.4 Å². The summed E-state index contributed by atoms with van der Waals surface area (Å²) in [4.78, 5) is 38.7. The molecule has 0 unspecified atom stereocenters. The smallest absolute Gasteiger partial charge is 0.268 e. The highest BCUT2D eigenvalue weighted by molar-refractivity contribution is 5.95. The van der Waals surface area contributed by atoms with Gasteiger partial charge in [0.1, 0.15) is 11.7 Å². The number of amides is 3. The first-order valence-corrected chi connectivity index (χ1v) is 10.7. The van der Waals surface area contributed by atoms with Crippen molar-refractivity contribution in [3.8, 4) is 0 Å². The molecular weight excluding hydrogens is 394 g/mol. The van der Waals surface area contributed by atoms with Gasteiger partial charge in [0.2, 0.25) is 5.91 Å². The van der Waals surface area contributed by atoms with E-state index < -0.39 is 12.0 Å². The first kappa shape index (κ1) is 21.1. The second-order valence-electron chi connectivity index (χ2n) is 8.41. The Morgan fingerprint density at radius 3 is 2.71 bits per heavy atom. The molecule has 0 radical (unpaired) electrons. The van der Waals surface area contributed by atoms with Gasteiger partial charge in [-0.05, 0) is 36.1 Å². The van der Waals surface area contributed by atoms with Gasteiger partial charge in [0.25, 0.3) is 11.8 Å². The third kappa shape index (κ3) is 4.07. The molecule has 2 atom stereocenters. The number of hydrazine groups is 1. The Bertz CT molecular complexity index is 995. The minimum Gasteiger partial charge on any atom is -0.350 e. The monoisotopic (exact) mass is 423 g/mol. The minimum absolute atomic E-state index is 0.105. The standard InChI is InChI=1S/C23H29N5O3/c1-15-9-12-26(3)20(15)22(30)24-13-16(2)21(29)25-19-18-8-5-4-7-17(18)14-27-10-6-11-28(27)23(19)31/h4-5,7-9,12,16,19H,6,10-11,13-14H2,1-3H3,(H,24,30)(H,25,29)/t16-,19+/m1/s1. The van der Waals surface area contributed by atoms with Crippen molar-refractivity contribution in [2.45, 2.75) is 32.9 Å². The molecule has 164 valence electrons. The molecule has 0 saturated carbocycles. The van der Waals surface area contributed by atoms with Crippen LogP contribution < -0.4 is 10.6 Å². The quantitative estimate of drug-likeness (QED) is 0.764. The van der Waals surface area contributed by atoms with Crippen LogP contribution >= 0.6 is 0 Å². The molecule has 2 aromatic rings. The number of carbonyl (C=O) groups is 3. The molecule has 3 amide bonds. The molecule has 0 bridgehead atoms. The number of nitrogens with one attached hydrogen (secondary N) is 2. The summed E-state index contributed by atoms with van der Waals surface area (Å²) in [6.45, 7) is 5.98. The molecule has 2 aliphatic rings. The van der Waals surface area contributed by atoms with Gasteiger partial charge in [0, 0.05) is 39.4 Å². The predicted molar refractivity (Wildman–Crippen MR) is 116 cm³/mol. The molecule has 2 N–H and O–H groups in total. The van der Waals surface area contributed by atoms with Crippen LogP contribution in [0.4, 0.5) is 0 Å². The van der Waals surface area contributed by atoms with Crippen molar-refractivity contribution < 1.29 is 14.4 Å². The van der Waals surface area contributed by atoms with Crippen LogP contribution in [-0.4, -0.2) is 51.9 Å². The third-order valence-electron chi connectivity index (χ3n) is 6.14. The van der Waals surface area contributed by atoms with E-state index in [-0.39, 0.29) is 24.3 Å². The molecule has 3 heterocycles. The summed E-state index contributed by atoms with van der Waals surface area (Å²) in [6, 6.07) is 8.92. The zero-order valence-electron chi connectivity index (χ0n) is 18.2. The SMILES string of the molecule is Cc1ccn(C)c1C(=O)NC[C@@H](C)C(=O)N[C@@H]1C(=O)N2CCCN2Cc2ccccc21. The van der Waals surface area contributed by atoms with Crippen molar-refractivity contribution in [1.29, 1.82) is 0 Å². The zero-order chi connectivity index (χ0) is 22.1. The highest BCUT2D eigenvalue weighted by Crippen LogP contribution is 2.29. The van der Waals surface area contributed by atoms with Gasteiger partial charge in [0.05, 0.1) is 5.92 Å². The second kappa shape index (κ2) is 8.55. The number of fused-ring (bicyclic) bond motifs is 2. The van der Waals surface area contributed by atoms with Gasteiger partial charge in [-0.1, -0.05) is 31.2 Å². The summed E-state index contributed by atoms with van der Waals surface area (Å²) in [5, 5.41) is 9.60. The van der Waals surface area contributed by atoms with Crippen LogP contribution in [0.5, 0.6) is 0 Å². The fourth-order valence-electron chi connectivity index (χ4n) is 4.36. The highest BCUT2D eigenvalue weighted by atomic mass is 16.2. The van der Waals surface area contributed by atoms with Crippen LogP contribution in [0.2, 0.25) is 0 Å². The van der Waals surface area contributed by atoms with E-state index in [9.17, 15) is 14.4 Å². The molecule has 31 heavy (non-hydrogen) atoms. The van der Waals surface area contributed by atoms with Crippen LogP contribution in [0.15, 0.2) is 36.5 Å². The molecule has 1 aromatic carbocycles. The van der Waals surface area contributed by atoms with E-state index in [2.05, 4.69) is 15.6 Å². The van der Waals surface area contributed by atoms with Crippen molar-refractivity contribution in [2.75, 3.05) is 19.6 Å². The Labute approximate surface area is 182 Å². The number of rotatable bonds is 5. The van der Waals surface area contributed by atoms with Gasteiger partial charge in [-0.25, -0.2) is 5.01 Å². The van der Waals surface area contributed by atoms with Crippen LogP contribution in [0.3, 0.4) is 0 Å². The topological polar surface area (TPSA) is 86.7 Å². The number of hydrogen-bond acceptors (Lipinski definition) is 4. The Hall–Kier alpha value is -3.13. The average Bonchev–Trinajstić information content (AvgIpc) is 3.33. The second-order valence-corrected chi connectivity index (χ2v) is 8.41. The maximum Gasteiger partial charge on any atom is 0.268 e. The van der Waals surface area contributed by atoms with E-state index >= 15 is 0 Å². The fourth-order valence-corrected chi connectivity index (χ4v) is 4.36. The maximum atomic E-state index is 13.2. The molecular formula is C23H29N5O3. The Morgan fingerprint density at radius 1 is 1.19 bits per heavy atom. The van der Waals surface area contributed by atoms with Crippen LogP contribution in [0, 0.1) is 12.8 Å².